The Bertz CT molecular complexity index is 179. The van der Waals surface area contributed by atoms with E-state index in [0.29, 0.717) is 0 Å². The third-order valence-electron chi connectivity index (χ3n) is 3.24. The summed E-state index contributed by atoms with van der Waals surface area (Å²) in [6.45, 7) is 39.1. The SMILES string of the molecule is CC.CC.CC.CC.CC(=O)C(C)C(C)(C)C.CC(C)C(C)C.CCC. The molecule has 0 radical (unpaired) electrons. The van der Waals surface area contributed by atoms with Crippen LogP contribution in [0.4, 0.5) is 0 Å². The first-order valence-electron chi connectivity index (χ1n) is 11.4. The normalized spacial score (nSPS) is 9.42. The van der Waals surface area contributed by atoms with Crippen molar-refractivity contribution >= 4 is 5.78 Å². The van der Waals surface area contributed by atoms with Gasteiger partial charge in [-0.25, -0.2) is 0 Å². The average Bonchev–Trinajstić information content (AvgIpc) is 2.61. The molecule has 168 valence electrons. The summed E-state index contributed by atoms with van der Waals surface area (Å²) >= 11 is 0. The number of Topliss-reactive ketones (excluding diaryl/α,β-unsaturated/α-hetero) is 1. The van der Waals surface area contributed by atoms with Crippen LogP contribution in [0.15, 0.2) is 0 Å². The molecule has 1 heteroatoms. The maximum absolute atomic E-state index is 10.8. The Balaban J connectivity index is -0.0000000370. The number of hydrogen-bond donors (Lipinski definition) is 0. The van der Waals surface area contributed by atoms with Crippen LogP contribution in [0.25, 0.3) is 0 Å². The Hall–Kier alpha value is -0.330. The predicted molar refractivity (Wildman–Crippen MR) is 130 cm³/mol. The van der Waals surface area contributed by atoms with Gasteiger partial charge in [-0.05, 0) is 24.2 Å². The van der Waals surface area contributed by atoms with Crippen molar-refractivity contribution in [3.8, 4) is 0 Å². The van der Waals surface area contributed by atoms with Crippen LogP contribution in [-0.2, 0) is 4.79 Å². The molecule has 0 aliphatic rings. The van der Waals surface area contributed by atoms with Crippen molar-refractivity contribution in [2.75, 3.05) is 0 Å². The Morgan fingerprint density at radius 2 is 0.808 bits per heavy atom. The van der Waals surface area contributed by atoms with Crippen molar-refractivity contribution in [2.24, 2.45) is 23.2 Å². The minimum absolute atomic E-state index is 0.131. The molecule has 0 spiro atoms. The second kappa shape index (κ2) is 39.7. The lowest BCUT2D eigenvalue weighted by molar-refractivity contribution is -0.123. The highest BCUT2D eigenvalue weighted by atomic mass is 16.1. The molecule has 0 heterocycles. The molecule has 0 saturated heterocycles. The first kappa shape index (κ1) is 44.8. The van der Waals surface area contributed by atoms with E-state index < -0.39 is 0 Å². The number of rotatable bonds is 2. The van der Waals surface area contributed by atoms with Crippen LogP contribution in [0.2, 0.25) is 0 Å². The fourth-order valence-electron chi connectivity index (χ4n) is 0.610. The number of carbonyl (C=O) groups is 1. The maximum Gasteiger partial charge on any atom is 0.133 e. The summed E-state index contributed by atoms with van der Waals surface area (Å²) in [7, 11) is 0. The summed E-state index contributed by atoms with van der Waals surface area (Å²) in [5.41, 5.74) is 0.131. The van der Waals surface area contributed by atoms with Gasteiger partial charge in [0.15, 0.2) is 0 Å². The van der Waals surface area contributed by atoms with E-state index in [4.69, 9.17) is 0 Å². The van der Waals surface area contributed by atoms with Crippen molar-refractivity contribution in [1.82, 2.24) is 0 Å². The van der Waals surface area contributed by atoms with Crippen molar-refractivity contribution in [2.45, 2.75) is 138 Å². The minimum Gasteiger partial charge on any atom is -0.300 e. The van der Waals surface area contributed by atoms with E-state index in [2.05, 4.69) is 62.3 Å². The standard InChI is InChI=1S/C8H16O.C6H14.C3H8.4C2H6/c1-6(7(2)9)8(3,4)5;1-5(2)6(3)4;1-3-2;4*1-2/h6H,1-5H3;5-6H,1-4H3;3H2,1-2H3;4*1-2H3. The zero-order chi connectivity index (χ0) is 23.5. The number of hydrogen-bond acceptors (Lipinski definition) is 1. The summed E-state index contributed by atoms with van der Waals surface area (Å²) in [6, 6.07) is 0. The molecule has 26 heavy (non-hydrogen) atoms. The highest BCUT2D eigenvalue weighted by molar-refractivity contribution is 5.78. The van der Waals surface area contributed by atoms with Crippen LogP contribution < -0.4 is 0 Å². The molecule has 0 aromatic carbocycles. The highest BCUT2D eigenvalue weighted by Gasteiger charge is 2.23. The molecule has 0 saturated carbocycles. The lowest BCUT2D eigenvalue weighted by Gasteiger charge is -2.24. The van der Waals surface area contributed by atoms with E-state index in [0.717, 1.165) is 11.8 Å². The Morgan fingerprint density at radius 1 is 0.654 bits per heavy atom. The van der Waals surface area contributed by atoms with Gasteiger partial charge in [0.2, 0.25) is 0 Å². The molecule has 0 amide bonds. The van der Waals surface area contributed by atoms with E-state index in [9.17, 15) is 4.79 Å². The second-order valence-electron chi connectivity index (χ2n) is 6.89. The maximum atomic E-state index is 10.8. The third-order valence-corrected chi connectivity index (χ3v) is 3.24. The molecule has 0 fully saturated rings. The summed E-state index contributed by atoms with van der Waals surface area (Å²) < 4.78 is 0. The molecule has 0 rings (SSSR count). The van der Waals surface area contributed by atoms with E-state index in [-0.39, 0.29) is 17.1 Å². The van der Waals surface area contributed by atoms with Gasteiger partial charge in [-0.15, -0.1) is 0 Å². The van der Waals surface area contributed by atoms with Gasteiger partial charge >= 0.3 is 0 Å². The fourth-order valence-corrected chi connectivity index (χ4v) is 0.610. The fraction of sp³-hybridized carbons (Fsp3) is 0.960. The van der Waals surface area contributed by atoms with Crippen LogP contribution in [0, 0.1) is 23.2 Å². The molecule has 0 N–H and O–H groups in total. The first-order valence-corrected chi connectivity index (χ1v) is 11.4. The molecule has 0 aromatic heterocycles. The molecule has 0 bridgehead atoms. The Kier molecular flexibility index (Phi) is 68.4. The van der Waals surface area contributed by atoms with Gasteiger partial charge in [-0.2, -0.15) is 0 Å². The van der Waals surface area contributed by atoms with Gasteiger partial charge in [0, 0.05) is 5.92 Å². The quantitative estimate of drug-likeness (QED) is 0.467. The van der Waals surface area contributed by atoms with Crippen LogP contribution in [0.1, 0.15) is 138 Å². The zero-order valence-electron chi connectivity index (χ0n) is 22.8. The van der Waals surface area contributed by atoms with Gasteiger partial charge in [0.1, 0.15) is 5.78 Å². The molecule has 0 aromatic rings. The minimum atomic E-state index is 0.131. The lowest BCUT2D eigenvalue weighted by atomic mass is 9.80. The van der Waals surface area contributed by atoms with Crippen molar-refractivity contribution < 1.29 is 4.79 Å². The van der Waals surface area contributed by atoms with E-state index in [1.54, 1.807) is 6.92 Å². The van der Waals surface area contributed by atoms with Crippen molar-refractivity contribution in [1.29, 1.82) is 0 Å². The second-order valence-corrected chi connectivity index (χ2v) is 6.89. The van der Waals surface area contributed by atoms with Gasteiger partial charge in [-0.3, -0.25) is 4.79 Å². The van der Waals surface area contributed by atoms with Gasteiger partial charge < -0.3 is 0 Å². The lowest BCUT2D eigenvalue weighted by Crippen LogP contribution is -2.23. The summed E-state index contributed by atoms with van der Waals surface area (Å²) in [5, 5.41) is 0. The molecule has 0 aliphatic carbocycles. The van der Waals surface area contributed by atoms with Gasteiger partial charge in [0.25, 0.3) is 0 Å². The molecule has 1 nitrogen and oxygen atoms in total. The van der Waals surface area contributed by atoms with Gasteiger partial charge in [-0.1, -0.05) is 131 Å². The monoisotopic (exact) mass is 378 g/mol. The third kappa shape index (κ3) is 65.1. The topological polar surface area (TPSA) is 17.1 Å². The van der Waals surface area contributed by atoms with Gasteiger partial charge in [0.05, 0.1) is 0 Å². The van der Waals surface area contributed by atoms with Crippen molar-refractivity contribution in [3.63, 3.8) is 0 Å². The smallest absolute Gasteiger partial charge is 0.133 e. The van der Waals surface area contributed by atoms with E-state index in [1.807, 2.05) is 62.3 Å². The molecular formula is C25H62O. The van der Waals surface area contributed by atoms with E-state index in [1.165, 1.54) is 6.42 Å². The summed E-state index contributed by atoms with van der Waals surface area (Å²) in [6.07, 6.45) is 1.25. The Labute approximate surface area is 172 Å². The van der Waals surface area contributed by atoms with Crippen molar-refractivity contribution in [3.05, 3.63) is 0 Å². The first-order chi connectivity index (χ1) is 11.9. The Morgan fingerprint density at radius 3 is 0.808 bits per heavy atom. The highest BCUT2D eigenvalue weighted by Crippen LogP contribution is 2.25. The summed E-state index contributed by atoms with van der Waals surface area (Å²) in [4.78, 5) is 10.8. The number of ketones is 1. The zero-order valence-corrected chi connectivity index (χ0v) is 22.8. The predicted octanol–water partition coefficient (Wildman–Crippen LogP) is 10.1. The average molecular weight is 379 g/mol. The van der Waals surface area contributed by atoms with Crippen LogP contribution in [-0.4, -0.2) is 5.78 Å². The molecule has 1 unspecified atom stereocenters. The largest absolute Gasteiger partial charge is 0.300 e. The van der Waals surface area contributed by atoms with E-state index >= 15 is 0 Å². The van der Waals surface area contributed by atoms with Crippen LogP contribution in [0.3, 0.4) is 0 Å². The number of carbonyl (C=O) groups excluding carboxylic acids is 1. The van der Waals surface area contributed by atoms with Crippen LogP contribution >= 0.6 is 0 Å². The molecule has 1 atom stereocenters. The molecular weight excluding hydrogens is 316 g/mol. The summed E-state index contributed by atoms with van der Waals surface area (Å²) in [5.74, 6) is 2.16. The molecule has 0 aliphatic heterocycles. The van der Waals surface area contributed by atoms with Crippen LogP contribution in [0.5, 0.6) is 0 Å².